The summed E-state index contributed by atoms with van der Waals surface area (Å²) in [5, 5.41) is 4.54. The molecule has 4 heterocycles. The quantitative estimate of drug-likeness (QED) is 0.294. The van der Waals surface area contributed by atoms with Gasteiger partial charge in [-0.1, -0.05) is 15.9 Å². The first-order chi connectivity index (χ1) is 20.6. The van der Waals surface area contributed by atoms with E-state index in [1.165, 1.54) is 14.0 Å². The predicted octanol–water partition coefficient (Wildman–Crippen LogP) is 3.47. The Morgan fingerprint density at radius 2 is 1.84 bits per heavy atom. The number of piperazine rings is 1. The van der Waals surface area contributed by atoms with E-state index in [0.717, 1.165) is 18.7 Å². The molecule has 11 nitrogen and oxygen atoms in total. The second-order valence-electron chi connectivity index (χ2n) is 11.3. The Kier molecular flexibility index (Phi) is 7.67. The molecule has 12 heteroatoms. The molecule has 2 amide bonds. The Morgan fingerprint density at radius 3 is 2.51 bits per heavy atom. The third-order valence-corrected chi connectivity index (χ3v) is 9.38. The Balaban J connectivity index is 1.40. The first-order valence-corrected chi connectivity index (χ1v) is 15.3. The summed E-state index contributed by atoms with van der Waals surface area (Å²) in [5.41, 5.74) is 4.08. The van der Waals surface area contributed by atoms with E-state index >= 15 is 0 Å². The van der Waals surface area contributed by atoms with Crippen molar-refractivity contribution in [2.75, 3.05) is 52.2 Å². The molecule has 2 unspecified atom stereocenters. The van der Waals surface area contributed by atoms with Gasteiger partial charge in [-0.15, -0.1) is 0 Å². The number of esters is 1. The second-order valence-corrected chi connectivity index (χ2v) is 12.0. The number of carbonyl (C=O) groups is 4. The van der Waals surface area contributed by atoms with E-state index in [9.17, 15) is 19.2 Å². The van der Waals surface area contributed by atoms with E-state index in [2.05, 4.69) is 26.1 Å². The van der Waals surface area contributed by atoms with Crippen LogP contribution in [0.1, 0.15) is 34.8 Å². The number of ether oxygens (including phenoxy) is 2. The van der Waals surface area contributed by atoms with Crippen LogP contribution in [-0.4, -0.2) is 103 Å². The maximum absolute atomic E-state index is 14.0. The molecule has 2 aromatic rings. The van der Waals surface area contributed by atoms with E-state index in [-0.39, 0.29) is 23.4 Å². The van der Waals surface area contributed by atoms with Crippen LogP contribution in [0.25, 0.3) is 11.0 Å². The Hall–Kier alpha value is -3.90. The zero-order valence-electron chi connectivity index (χ0n) is 24.4. The lowest BCUT2D eigenvalue weighted by Gasteiger charge is -2.35. The van der Waals surface area contributed by atoms with Gasteiger partial charge in [0.05, 0.1) is 18.7 Å². The van der Waals surface area contributed by atoms with Gasteiger partial charge in [-0.2, -0.15) is 0 Å². The molecule has 43 heavy (non-hydrogen) atoms. The molecule has 0 radical (unpaired) electrons. The van der Waals surface area contributed by atoms with Gasteiger partial charge in [0.2, 0.25) is 0 Å². The average molecular weight is 654 g/mol. The average Bonchev–Trinajstić information content (AvgIpc) is 3.69. The number of furan rings is 1. The fourth-order valence-corrected chi connectivity index (χ4v) is 6.83. The number of fused-ring (bicyclic) bond motifs is 3. The minimum Gasteiger partial charge on any atom is -0.465 e. The summed E-state index contributed by atoms with van der Waals surface area (Å²) in [5.74, 6) is -0.989. The number of ketones is 1. The molecule has 226 valence electrons. The van der Waals surface area contributed by atoms with Crippen LogP contribution in [0.4, 0.5) is 4.79 Å². The van der Waals surface area contributed by atoms with Crippen LogP contribution in [-0.2, 0) is 14.3 Å². The van der Waals surface area contributed by atoms with Crippen LogP contribution in [0.2, 0.25) is 0 Å². The van der Waals surface area contributed by atoms with Crippen LogP contribution in [0.5, 0.6) is 0 Å². The van der Waals surface area contributed by atoms with Gasteiger partial charge < -0.3 is 33.9 Å². The van der Waals surface area contributed by atoms with Crippen LogP contribution >= 0.6 is 15.9 Å². The van der Waals surface area contributed by atoms with Gasteiger partial charge >= 0.3 is 12.1 Å². The number of allylic oxidation sites excluding steroid dienone is 2. The number of hydrogen-bond donors (Lipinski definition) is 1. The number of nitrogens with one attached hydrogen (secondary N) is 1. The molecule has 4 aliphatic rings. The molecule has 1 N–H and O–H groups in total. The zero-order chi connectivity index (χ0) is 30.6. The number of rotatable bonds is 5. The first kappa shape index (κ1) is 29.2. The van der Waals surface area contributed by atoms with Gasteiger partial charge in [-0.25, -0.2) is 9.59 Å². The highest BCUT2D eigenvalue weighted by Crippen LogP contribution is 2.47. The van der Waals surface area contributed by atoms with Gasteiger partial charge in [0.25, 0.3) is 5.91 Å². The maximum Gasteiger partial charge on any atom is 0.410 e. The summed E-state index contributed by atoms with van der Waals surface area (Å²) in [4.78, 5) is 57.7. The SMILES string of the molecule is COC(=O)C1=C(C)NC2C1=C1C(=CC2OC(=O)N2CCN(C)CC2)N(C(=O)c2cc3cc(C(C)=O)ccc3o2)C[C@H]1CBr. The molecule has 0 spiro atoms. The van der Waals surface area contributed by atoms with Crippen LogP contribution in [0, 0.1) is 5.92 Å². The molecular formula is C31H33BrN4O7. The number of carbonyl (C=O) groups excluding carboxylic acids is 4. The van der Waals surface area contributed by atoms with Crippen molar-refractivity contribution in [1.82, 2.24) is 20.0 Å². The molecular weight excluding hydrogens is 620 g/mol. The van der Waals surface area contributed by atoms with Gasteiger partial charge in [-0.3, -0.25) is 9.59 Å². The summed E-state index contributed by atoms with van der Waals surface area (Å²) in [6.07, 6.45) is 0.557. The lowest BCUT2D eigenvalue weighted by Crippen LogP contribution is -2.50. The van der Waals surface area contributed by atoms with Crippen molar-refractivity contribution in [2.24, 2.45) is 5.92 Å². The van der Waals surface area contributed by atoms with E-state index in [1.54, 1.807) is 47.1 Å². The number of likely N-dealkylation sites (tertiary alicyclic amines) is 1. The molecule has 0 saturated carbocycles. The summed E-state index contributed by atoms with van der Waals surface area (Å²) in [6.45, 7) is 6.17. The Labute approximate surface area is 257 Å². The molecule has 0 bridgehead atoms. The Bertz CT molecular complexity index is 1630. The van der Waals surface area contributed by atoms with Crippen molar-refractivity contribution in [3.63, 3.8) is 0 Å². The van der Waals surface area contributed by atoms with Crippen molar-refractivity contribution in [3.8, 4) is 0 Å². The van der Waals surface area contributed by atoms with Crippen molar-refractivity contribution < 1.29 is 33.1 Å². The van der Waals surface area contributed by atoms with Gasteiger partial charge in [0.15, 0.2) is 11.5 Å². The summed E-state index contributed by atoms with van der Waals surface area (Å²) in [6, 6.07) is 6.17. The lowest BCUT2D eigenvalue weighted by molar-refractivity contribution is -0.135. The molecule has 1 aliphatic carbocycles. The number of nitrogens with zero attached hydrogens (tertiary/aromatic N) is 3. The molecule has 1 aromatic carbocycles. The highest BCUT2D eigenvalue weighted by Gasteiger charge is 2.49. The largest absolute Gasteiger partial charge is 0.465 e. The van der Waals surface area contributed by atoms with E-state index in [4.69, 9.17) is 13.9 Å². The minimum atomic E-state index is -0.795. The summed E-state index contributed by atoms with van der Waals surface area (Å²) >= 11 is 3.62. The normalized spacial score (nSPS) is 23.7. The Morgan fingerprint density at radius 1 is 1.09 bits per heavy atom. The fraction of sp³-hybridized carbons (Fsp3) is 0.419. The number of likely N-dealkylation sites (N-methyl/N-ethyl adjacent to an activating group) is 1. The first-order valence-electron chi connectivity index (χ1n) is 14.2. The summed E-state index contributed by atoms with van der Waals surface area (Å²) in [7, 11) is 3.34. The number of alkyl halides is 1. The third-order valence-electron chi connectivity index (χ3n) is 8.60. The fourth-order valence-electron chi connectivity index (χ4n) is 6.30. The van der Waals surface area contributed by atoms with Crippen molar-refractivity contribution in [1.29, 1.82) is 0 Å². The molecule has 3 atom stereocenters. The van der Waals surface area contributed by atoms with Crippen molar-refractivity contribution in [3.05, 3.63) is 69.8 Å². The number of benzene rings is 1. The van der Waals surface area contributed by atoms with Gasteiger partial charge in [-0.05, 0) is 56.8 Å². The van der Waals surface area contributed by atoms with E-state index < -0.39 is 24.2 Å². The highest BCUT2D eigenvalue weighted by atomic mass is 79.9. The van der Waals surface area contributed by atoms with Crippen molar-refractivity contribution >= 4 is 50.7 Å². The minimum absolute atomic E-state index is 0.0824. The van der Waals surface area contributed by atoms with E-state index in [0.29, 0.717) is 64.0 Å². The van der Waals surface area contributed by atoms with Crippen LogP contribution in [0.3, 0.4) is 0 Å². The molecule has 1 aromatic heterocycles. The van der Waals surface area contributed by atoms with E-state index in [1.807, 2.05) is 7.05 Å². The number of hydrogen-bond acceptors (Lipinski definition) is 9. The number of Topliss-reactive ketones (excluding diaryl/α,β-unsaturated/α-hetero) is 1. The van der Waals surface area contributed by atoms with Gasteiger partial charge in [0.1, 0.15) is 11.7 Å². The maximum atomic E-state index is 14.0. The second kappa shape index (κ2) is 11.3. The third kappa shape index (κ3) is 5.06. The monoisotopic (exact) mass is 652 g/mol. The standard InChI is InChI=1S/C31H33BrN4O7/c1-16-25(30(39)41-4)27-26-20(14-32)15-36(29(38)24-12-19-11-18(17(2)37)5-6-22(19)42-24)21(26)13-23(28(27)33-16)43-31(40)35-9-7-34(3)8-10-35/h5-6,11-13,20,23,28,33H,7-10,14-15H2,1-4H3/t20-,23?,28?/m1/s1. The highest BCUT2D eigenvalue weighted by molar-refractivity contribution is 9.09. The molecule has 3 aliphatic heterocycles. The zero-order valence-corrected chi connectivity index (χ0v) is 26.0. The number of amides is 2. The topological polar surface area (TPSA) is 122 Å². The smallest absolute Gasteiger partial charge is 0.410 e. The molecule has 2 fully saturated rings. The number of methoxy groups -OCH3 is 1. The lowest BCUT2D eigenvalue weighted by atomic mass is 9.83. The number of halogens is 1. The van der Waals surface area contributed by atoms with Gasteiger partial charge in [0, 0.05) is 71.9 Å². The summed E-state index contributed by atoms with van der Waals surface area (Å²) < 4.78 is 17.2. The van der Waals surface area contributed by atoms with Crippen LogP contribution in [0.15, 0.2) is 62.9 Å². The molecule has 6 rings (SSSR count). The van der Waals surface area contributed by atoms with Crippen LogP contribution < -0.4 is 5.32 Å². The predicted molar refractivity (Wildman–Crippen MR) is 161 cm³/mol. The van der Waals surface area contributed by atoms with Crippen molar-refractivity contribution in [2.45, 2.75) is 26.0 Å². The molecule has 2 saturated heterocycles.